The van der Waals surface area contributed by atoms with Crippen molar-refractivity contribution >= 4 is 23.4 Å². The van der Waals surface area contributed by atoms with Gasteiger partial charge < -0.3 is 14.9 Å². The second-order valence-corrected chi connectivity index (χ2v) is 11.1. The van der Waals surface area contributed by atoms with E-state index in [-0.39, 0.29) is 18.4 Å². The average Bonchev–Trinajstić information content (AvgIpc) is 3.46. The first kappa shape index (κ1) is 28.5. The number of aliphatic imine (C=N–C) groups is 1. The molecule has 8 nitrogen and oxygen atoms in total. The number of piperidine rings is 1. The lowest BCUT2D eigenvalue weighted by Crippen LogP contribution is -2.47. The molecule has 2 aromatic carbocycles. The quantitative estimate of drug-likeness (QED) is 0.363. The van der Waals surface area contributed by atoms with Gasteiger partial charge in [0.1, 0.15) is 6.04 Å². The maximum absolute atomic E-state index is 13.1. The van der Waals surface area contributed by atoms with Crippen LogP contribution >= 0.6 is 0 Å². The lowest BCUT2D eigenvalue weighted by Gasteiger charge is -2.33. The van der Waals surface area contributed by atoms with E-state index in [1.807, 2.05) is 45.0 Å². The minimum Gasteiger partial charge on any atom is -0.480 e. The number of hydrogen-bond donors (Lipinski definition) is 1. The van der Waals surface area contributed by atoms with Crippen LogP contribution in [0.15, 0.2) is 57.7 Å². The van der Waals surface area contributed by atoms with Crippen LogP contribution in [0.2, 0.25) is 0 Å². The highest BCUT2D eigenvalue weighted by atomic mass is 16.4. The fourth-order valence-corrected chi connectivity index (χ4v) is 5.53. The topological polar surface area (TPSA) is 97.9 Å². The van der Waals surface area contributed by atoms with E-state index < -0.39 is 12.0 Å². The lowest BCUT2D eigenvalue weighted by molar-refractivity contribution is -0.153. The molecule has 4 rings (SSSR count). The zero-order valence-corrected chi connectivity index (χ0v) is 23.6. The van der Waals surface area contributed by atoms with Crippen LogP contribution in [-0.2, 0) is 16.1 Å². The van der Waals surface area contributed by atoms with E-state index in [2.05, 4.69) is 45.2 Å². The largest absolute Gasteiger partial charge is 0.480 e. The third kappa shape index (κ3) is 6.91. The predicted octanol–water partition coefficient (Wildman–Crippen LogP) is 6.39. The van der Waals surface area contributed by atoms with E-state index in [0.717, 1.165) is 48.2 Å². The number of benzene rings is 2. The van der Waals surface area contributed by atoms with Crippen LogP contribution < -0.4 is 4.90 Å². The number of amides is 1. The van der Waals surface area contributed by atoms with Crippen LogP contribution in [0.1, 0.15) is 70.9 Å². The number of nitrogens with zero attached hydrogens (tertiary/aromatic N) is 5. The number of unbranched alkanes of at least 4 members (excludes halogenated alkanes) is 1. The molecule has 0 aliphatic carbocycles. The average molecular weight is 532 g/mol. The molecule has 0 aromatic heterocycles. The van der Waals surface area contributed by atoms with E-state index >= 15 is 0 Å². The molecule has 0 spiro atoms. The molecule has 1 N–H and O–H groups in total. The standard InChI is InChI=1S/C31H41N5O3/c1-5-6-9-28(37)36(29(21(2)3)31(38)39)19-23-10-12-24(13-11-23)27-17-25(35-16-7-8-22(4)18-35)14-15-26(27)30-32-20-33-34-30/h10-15,17,21-22,29H,5-9,16,18-20H2,1-4H3,(H,38,39)/t22?,29-/m0/s1. The number of aliphatic carboxylic acids is 1. The Labute approximate surface area is 231 Å². The summed E-state index contributed by atoms with van der Waals surface area (Å²) < 4.78 is 0. The summed E-state index contributed by atoms with van der Waals surface area (Å²) in [5, 5.41) is 18.2. The molecule has 1 amide bonds. The number of anilines is 1. The van der Waals surface area contributed by atoms with Crippen molar-refractivity contribution in [2.45, 2.75) is 72.4 Å². The van der Waals surface area contributed by atoms with Crippen LogP contribution in [-0.4, -0.2) is 53.5 Å². The van der Waals surface area contributed by atoms with E-state index in [9.17, 15) is 14.7 Å². The van der Waals surface area contributed by atoms with Gasteiger partial charge in [-0.2, -0.15) is 5.11 Å². The molecule has 2 aromatic rings. The van der Waals surface area contributed by atoms with Crippen molar-refractivity contribution < 1.29 is 14.7 Å². The fraction of sp³-hybridized carbons (Fsp3) is 0.516. The molecule has 2 heterocycles. The van der Waals surface area contributed by atoms with E-state index in [1.54, 1.807) is 0 Å². The minimum atomic E-state index is -0.966. The number of carbonyl (C=O) groups excluding carboxylic acids is 1. The molecule has 0 bridgehead atoms. The van der Waals surface area contributed by atoms with Crippen molar-refractivity contribution in [2.75, 3.05) is 24.7 Å². The highest BCUT2D eigenvalue weighted by molar-refractivity contribution is 6.05. The van der Waals surface area contributed by atoms with Gasteiger partial charge in [-0.1, -0.05) is 58.4 Å². The minimum absolute atomic E-state index is 0.114. The maximum Gasteiger partial charge on any atom is 0.326 e. The molecular formula is C31H41N5O3. The smallest absolute Gasteiger partial charge is 0.326 e. The van der Waals surface area contributed by atoms with Gasteiger partial charge in [0.2, 0.25) is 5.91 Å². The Bertz CT molecular complexity index is 1220. The van der Waals surface area contributed by atoms with Crippen LogP contribution in [0, 0.1) is 11.8 Å². The Kier molecular flexibility index (Phi) is 9.49. The zero-order chi connectivity index (χ0) is 27.9. The van der Waals surface area contributed by atoms with Crippen molar-refractivity contribution in [3.63, 3.8) is 0 Å². The van der Waals surface area contributed by atoms with Gasteiger partial charge in [0.05, 0.1) is 0 Å². The molecule has 208 valence electrons. The number of hydrogen-bond acceptors (Lipinski definition) is 6. The van der Waals surface area contributed by atoms with E-state index in [0.29, 0.717) is 24.8 Å². The Morgan fingerprint density at radius 1 is 1.13 bits per heavy atom. The van der Waals surface area contributed by atoms with E-state index in [1.165, 1.54) is 23.4 Å². The normalized spacial score (nSPS) is 17.8. The maximum atomic E-state index is 13.1. The number of carbonyl (C=O) groups is 2. The van der Waals surface area contributed by atoms with Crippen LogP contribution in [0.5, 0.6) is 0 Å². The fourth-order valence-electron chi connectivity index (χ4n) is 5.53. The summed E-state index contributed by atoms with van der Waals surface area (Å²) in [5.74, 6) is 0.0273. The number of carboxylic acid groups (broad SMARTS) is 1. The molecular weight excluding hydrogens is 490 g/mol. The van der Waals surface area contributed by atoms with Crippen molar-refractivity contribution in [1.29, 1.82) is 0 Å². The SMILES string of the molecule is CCCCC(=O)N(Cc1ccc(-c2cc(N3CCCC(C)C3)ccc2C2=NCN=N2)cc1)[C@H](C(=O)O)C(C)C. The molecule has 2 atom stereocenters. The van der Waals surface area contributed by atoms with Crippen molar-refractivity contribution in [1.82, 2.24) is 4.90 Å². The van der Waals surface area contributed by atoms with Gasteiger partial charge in [-0.25, -0.2) is 9.79 Å². The van der Waals surface area contributed by atoms with Gasteiger partial charge in [0.15, 0.2) is 12.5 Å². The highest BCUT2D eigenvalue weighted by Crippen LogP contribution is 2.33. The highest BCUT2D eigenvalue weighted by Gasteiger charge is 2.32. The second kappa shape index (κ2) is 13.0. The van der Waals surface area contributed by atoms with Crippen LogP contribution in [0.4, 0.5) is 5.69 Å². The molecule has 8 heteroatoms. The molecule has 2 aliphatic heterocycles. The molecule has 0 radical (unpaired) electrons. The number of azo groups is 1. The Morgan fingerprint density at radius 2 is 1.90 bits per heavy atom. The third-order valence-corrected chi connectivity index (χ3v) is 7.62. The molecule has 1 fully saturated rings. The Hall–Kier alpha value is -3.55. The van der Waals surface area contributed by atoms with Gasteiger partial charge in [-0.05, 0) is 66.0 Å². The summed E-state index contributed by atoms with van der Waals surface area (Å²) in [6.45, 7) is 10.7. The monoisotopic (exact) mass is 531 g/mol. The molecule has 0 saturated carbocycles. The summed E-state index contributed by atoms with van der Waals surface area (Å²) in [6, 6.07) is 13.7. The van der Waals surface area contributed by atoms with Crippen molar-refractivity contribution in [3.8, 4) is 11.1 Å². The number of rotatable bonds is 11. The summed E-state index contributed by atoms with van der Waals surface area (Å²) in [7, 11) is 0. The summed E-state index contributed by atoms with van der Waals surface area (Å²) in [5.41, 5.74) is 5.09. The van der Waals surface area contributed by atoms with Crippen molar-refractivity contribution in [2.24, 2.45) is 27.1 Å². The second-order valence-electron chi connectivity index (χ2n) is 11.1. The van der Waals surface area contributed by atoms with Gasteiger partial charge in [0.25, 0.3) is 0 Å². The van der Waals surface area contributed by atoms with Gasteiger partial charge in [0, 0.05) is 37.3 Å². The number of carboxylic acids is 1. The summed E-state index contributed by atoms with van der Waals surface area (Å²) in [4.78, 5) is 33.6. The van der Waals surface area contributed by atoms with Crippen LogP contribution in [0.3, 0.4) is 0 Å². The lowest BCUT2D eigenvalue weighted by atomic mass is 9.95. The predicted molar refractivity (Wildman–Crippen MR) is 155 cm³/mol. The van der Waals surface area contributed by atoms with Crippen molar-refractivity contribution in [3.05, 3.63) is 53.6 Å². The van der Waals surface area contributed by atoms with E-state index in [4.69, 9.17) is 0 Å². The molecule has 1 unspecified atom stereocenters. The third-order valence-electron chi connectivity index (χ3n) is 7.62. The van der Waals surface area contributed by atoms with Crippen LogP contribution in [0.25, 0.3) is 11.1 Å². The summed E-state index contributed by atoms with van der Waals surface area (Å²) >= 11 is 0. The molecule has 2 aliphatic rings. The first-order valence-corrected chi connectivity index (χ1v) is 14.2. The zero-order valence-electron chi connectivity index (χ0n) is 23.6. The summed E-state index contributed by atoms with van der Waals surface area (Å²) in [6.07, 6.45) is 4.44. The Balaban J connectivity index is 1.64. The first-order chi connectivity index (χ1) is 18.8. The van der Waals surface area contributed by atoms with Gasteiger partial charge >= 0.3 is 5.97 Å². The van der Waals surface area contributed by atoms with Gasteiger partial charge in [-0.3, -0.25) is 4.79 Å². The number of amidine groups is 1. The molecule has 39 heavy (non-hydrogen) atoms. The first-order valence-electron chi connectivity index (χ1n) is 14.2. The molecule has 1 saturated heterocycles. The Morgan fingerprint density at radius 3 is 2.51 bits per heavy atom. The van der Waals surface area contributed by atoms with Gasteiger partial charge in [-0.15, -0.1) is 5.11 Å².